The van der Waals surface area contributed by atoms with E-state index in [1.165, 1.54) is 18.3 Å². The average Bonchev–Trinajstić information content (AvgIpc) is 2.68. The zero-order chi connectivity index (χ0) is 19.1. The molecule has 3 aromatic rings. The molecule has 3 rings (SSSR count). The van der Waals surface area contributed by atoms with E-state index < -0.39 is 0 Å². The quantitative estimate of drug-likeness (QED) is 0.490. The van der Waals surface area contributed by atoms with E-state index in [1.54, 1.807) is 60.7 Å². The highest BCUT2D eigenvalue weighted by molar-refractivity contribution is 6.30. The molecule has 3 aromatic carbocycles. The Hall–Kier alpha value is -3.18. The Morgan fingerprint density at radius 2 is 1.81 bits per heavy atom. The number of carbonyl (C=O) groups is 1. The fraction of sp³-hybridized carbons (Fsp3) is 0.0476. The molecule has 4 nitrogen and oxygen atoms in total. The van der Waals surface area contributed by atoms with Crippen molar-refractivity contribution in [3.05, 3.63) is 100 Å². The van der Waals surface area contributed by atoms with Crippen LogP contribution in [0.5, 0.6) is 5.75 Å². The molecule has 0 atom stereocenters. The lowest BCUT2D eigenvalue weighted by atomic mass is 10.2. The van der Waals surface area contributed by atoms with Gasteiger partial charge in [-0.25, -0.2) is 9.82 Å². The van der Waals surface area contributed by atoms with Crippen LogP contribution in [-0.2, 0) is 6.61 Å². The highest BCUT2D eigenvalue weighted by atomic mass is 35.5. The number of amides is 1. The van der Waals surface area contributed by atoms with Gasteiger partial charge in [-0.1, -0.05) is 23.7 Å². The normalized spacial score (nSPS) is 10.7. The van der Waals surface area contributed by atoms with E-state index >= 15 is 0 Å². The van der Waals surface area contributed by atoms with E-state index in [4.69, 9.17) is 16.3 Å². The van der Waals surface area contributed by atoms with Crippen molar-refractivity contribution in [2.24, 2.45) is 5.10 Å². The molecule has 0 aliphatic heterocycles. The molecule has 6 heteroatoms. The number of nitrogens with one attached hydrogen (secondary N) is 1. The lowest BCUT2D eigenvalue weighted by molar-refractivity contribution is 0.0955. The van der Waals surface area contributed by atoms with Gasteiger partial charge >= 0.3 is 0 Å². The first kappa shape index (κ1) is 18.6. The van der Waals surface area contributed by atoms with Crippen molar-refractivity contribution in [3.63, 3.8) is 0 Å². The van der Waals surface area contributed by atoms with Gasteiger partial charge in [0.15, 0.2) is 0 Å². The molecular formula is C21H16ClFN2O2. The van der Waals surface area contributed by atoms with Gasteiger partial charge in [-0.2, -0.15) is 5.10 Å². The van der Waals surface area contributed by atoms with Gasteiger partial charge in [-0.05, 0) is 71.8 Å². The minimum Gasteiger partial charge on any atom is -0.489 e. The lowest BCUT2D eigenvalue weighted by Crippen LogP contribution is -2.17. The van der Waals surface area contributed by atoms with Crippen molar-refractivity contribution in [2.75, 3.05) is 0 Å². The zero-order valence-electron chi connectivity index (χ0n) is 14.2. The summed E-state index contributed by atoms with van der Waals surface area (Å²) in [6, 6.07) is 20.0. The maximum atomic E-state index is 13.1. The molecule has 0 heterocycles. The summed E-state index contributed by atoms with van der Waals surface area (Å²) in [7, 11) is 0. The summed E-state index contributed by atoms with van der Waals surface area (Å²) >= 11 is 5.79. The predicted molar refractivity (Wildman–Crippen MR) is 104 cm³/mol. The van der Waals surface area contributed by atoms with Gasteiger partial charge in [0.2, 0.25) is 0 Å². The molecule has 0 unspecified atom stereocenters. The molecule has 0 aromatic heterocycles. The van der Waals surface area contributed by atoms with Crippen molar-refractivity contribution in [2.45, 2.75) is 6.61 Å². The van der Waals surface area contributed by atoms with Crippen LogP contribution in [0.1, 0.15) is 21.5 Å². The van der Waals surface area contributed by atoms with Gasteiger partial charge in [0.05, 0.1) is 6.21 Å². The fourth-order valence-electron chi connectivity index (χ4n) is 2.27. The van der Waals surface area contributed by atoms with Crippen molar-refractivity contribution in [1.29, 1.82) is 0 Å². The van der Waals surface area contributed by atoms with Crippen molar-refractivity contribution in [1.82, 2.24) is 5.43 Å². The molecule has 0 fully saturated rings. The summed E-state index contributed by atoms with van der Waals surface area (Å²) in [5, 5.41) is 4.50. The van der Waals surface area contributed by atoms with Gasteiger partial charge in [0, 0.05) is 10.6 Å². The van der Waals surface area contributed by atoms with Gasteiger partial charge in [-0.15, -0.1) is 0 Å². The molecule has 0 radical (unpaired) electrons. The van der Waals surface area contributed by atoms with Crippen molar-refractivity contribution < 1.29 is 13.9 Å². The van der Waals surface area contributed by atoms with E-state index in [1.807, 2.05) is 0 Å². The van der Waals surface area contributed by atoms with Crippen LogP contribution >= 0.6 is 11.6 Å². The number of hydrogen-bond acceptors (Lipinski definition) is 3. The van der Waals surface area contributed by atoms with Crippen molar-refractivity contribution >= 4 is 23.7 Å². The molecule has 0 aliphatic carbocycles. The summed E-state index contributed by atoms with van der Waals surface area (Å²) in [5.41, 5.74) is 4.48. The van der Waals surface area contributed by atoms with Gasteiger partial charge in [0.1, 0.15) is 18.2 Å². The summed E-state index contributed by atoms with van der Waals surface area (Å²) < 4.78 is 18.8. The number of nitrogens with zero attached hydrogens (tertiary/aromatic N) is 1. The van der Waals surface area contributed by atoms with E-state index in [2.05, 4.69) is 10.5 Å². The summed E-state index contributed by atoms with van der Waals surface area (Å²) in [6.45, 7) is 0.280. The topological polar surface area (TPSA) is 50.7 Å². The Balaban J connectivity index is 1.51. The molecule has 1 N–H and O–H groups in total. The van der Waals surface area contributed by atoms with Crippen LogP contribution in [0.25, 0.3) is 0 Å². The third-order valence-electron chi connectivity index (χ3n) is 3.66. The molecule has 1 amide bonds. The summed E-state index contributed by atoms with van der Waals surface area (Å²) in [4.78, 5) is 11.9. The monoisotopic (exact) mass is 382 g/mol. The highest BCUT2D eigenvalue weighted by Crippen LogP contribution is 2.14. The fourth-order valence-corrected chi connectivity index (χ4v) is 2.40. The van der Waals surface area contributed by atoms with Crippen molar-refractivity contribution in [3.8, 4) is 5.75 Å². The zero-order valence-corrected chi connectivity index (χ0v) is 15.0. The standard InChI is InChI=1S/C21H16ClFN2O2/c22-18-8-6-17(7-9-18)21(26)25-24-13-15-4-10-20(11-5-15)27-14-16-2-1-3-19(23)12-16/h1-13H,14H2,(H,25,26)/b24-13-. The Morgan fingerprint density at radius 3 is 2.52 bits per heavy atom. The smallest absolute Gasteiger partial charge is 0.271 e. The third kappa shape index (κ3) is 5.66. The van der Waals surface area contributed by atoms with E-state index in [0.29, 0.717) is 16.3 Å². The van der Waals surface area contributed by atoms with Crippen LogP contribution in [0, 0.1) is 5.82 Å². The number of carbonyl (C=O) groups excluding carboxylic acids is 1. The minimum atomic E-state index is -0.321. The Labute approximate surface area is 161 Å². The Kier molecular flexibility index (Phi) is 6.18. The first-order valence-corrected chi connectivity index (χ1v) is 8.54. The second-order valence-electron chi connectivity index (χ2n) is 5.69. The minimum absolute atomic E-state index is 0.280. The molecule has 0 aliphatic rings. The van der Waals surface area contributed by atoms with E-state index in [0.717, 1.165) is 11.1 Å². The SMILES string of the molecule is O=C(N/N=C\c1ccc(OCc2cccc(F)c2)cc1)c1ccc(Cl)cc1. The molecule has 27 heavy (non-hydrogen) atoms. The summed E-state index contributed by atoms with van der Waals surface area (Å²) in [5.74, 6) is 0.0443. The van der Waals surface area contributed by atoms with Gasteiger partial charge in [-0.3, -0.25) is 4.79 Å². The van der Waals surface area contributed by atoms with Crippen LogP contribution in [-0.4, -0.2) is 12.1 Å². The number of hydrazone groups is 1. The molecule has 136 valence electrons. The lowest BCUT2D eigenvalue weighted by Gasteiger charge is -2.06. The number of benzene rings is 3. The maximum Gasteiger partial charge on any atom is 0.271 e. The molecule has 0 saturated carbocycles. The Morgan fingerprint density at radius 1 is 1.07 bits per heavy atom. The van der Waals surface area contributed by atoms with Gasteiger partial charge in [0.25, 0.3) is 5.91 Å². The van der Waals surface area contributed by atoms with E-state index in [9.17, 15) is 9.18 Å². The molecular weight excluding hydrogens is 367 g/mol. The summed E-state index contributed by atoms with van der Waals surface area (Å²) in [6.07, 6.45) is 1.53. The highest BCUT2D eigenvalue weighted by Gasteiger charge is 2.03. The largest absolute Gasteiger partial charge is 0.489 e. The van der Waals surface area contributed by atoms with Gasteiger partial charge < -0.3 is 4.74 Å². The molecule has 0 bridgehead atoms. The molecule has 0 saturated heterocycles. The van der Waals surface area contributed by atoms with Crippen LogP contribution in [0.2, 0.25) is 5.02 Å². The van der Waals surface area contributed by atoms with Crippen LogP contribution in [0.3, 0.4) is 0 Å². The average molecular weight is 383 g/mol. The third-order valence-corrected chi connectivity index (χ3v) is 3.91. The van der Waals surface area contributed by atoms with Crippen LogP contribution < -0.4 is 10.2 Å². The maximum absolute atomic E-state index is 13.1. The molecule has 0 spiro atoms. The second-order valence-corrected chi connectivity index (χ2v) is 6.13. The number of ether oxygens (including phenoxy) is 1. The van der Waals surface area contributed by atoms with Crippen LogP contribution in [0.15, 0.2) is 77.9 Å². The first-order valence-electron chi connectivity index (χ1n) is 8.16. The van der Waals surface area contributed by atoms with Crippen LogP contribution in [0.4, 0.5) is 4.39 Å². The second kappa shape index (κ2) is 8.96. The van der Waals surface area contributed by atoms with E-state index in [-0.39, 0.29) is 18.3 Å². The number of halogens is 2. The predicted octanol–water partition coefficient (Wildman–Crippen LogP) is 4.82. The Bertz CT molecular complexity index is 941. The number of rotatable bonds is 6. The number of hydrogen-bond donors (Lipinski definition) is 1. The first-order chi connectivity index (χ1) is 13.1.